The number of benzene rings is 2. The molecule has 43 heavy (non-hydrogen) atoms. The first kappa shape index (κ1) is 33.5. The van der Waals surface area contributed by atoms with Gasteiger partial charge < -0.3 is 18.9 Å². The van der Waals surface area contributed by atoms with Gasteiger partial charge in [-0.3, -0.25) is 0 Å². The van der Waals surface area contributed by atoms with Crippen molar-refractivity contribution in [1.82, 2.24) is 0 Å². The van der Waals surface area contributed by atoms with Gasteiger partial charge in [-0.05, 0) is 62.1 Å². The van der Waals surface area contributed by atoms with Crippen LogP contribution < -0.4 is 18.9 Å². The summed E-state index contributed by atoms with van der Waals surface area (Å²) >= 11 is 0. The van der Waals surface area contributed by atoms with Crippen LogP contribution in [0.25, 0.3) is 0 Å². The van der Waals surface area contributed by atoms with Crippen LogP contribution in [0.5, 0.6) is 23.0 Å². The van der Waals surface area contributed by atoms with E-state index in [2.05, 4.69) is 79.7 Å². The third kappa shape index (κ3) is 8.43. The standard InChI is InChI=1S/C39H60O4/c1-9-11-13-15-17-19-21-40-33-25-31-35(23-29(33)3)42-39(27-37(31,5)6)28-38(7,8)32-26-34(30(4)24-36(32)43-39)41-22-20-18-16-14-12-10-2/h23-26H,9-22,27-28H2,1-8H3. The fraction of sp³-hybridized carbons (Fsp3) is 0.692. The second-order valence-corrected chi connectivity index (χ2v) is 14.7. The van der Waals surface area contributed by atoms with Gasteiger partial charge in [-0.25, -0.2) is 0 Å². The van der Waals surface area contributed by atoms with Crippen LogP contribution in [0.15, 0.2) is 24.3 Å². The molecule has 4 rings (SSSR count). The minimum Gasteiger partial charge on any atom is -0.493 e. The molecule has 0 atom stereocenters. The van der Waals surface area contributed by atoms with Gasteiger partial charge in [0.1, 0.15) is 23.0 Å². The molecule has 0 bridgehead atoms. The van der Waals surface area contributed by atoms with E-state index in [9.17, 15) is 0 Å². The molecule has 2 heterocycles. The van der Waals surface area contributed by atoms with Crippen molar-refractivity contribution in [2.75, 3.05) is 13.2 Å². The van der Waals surface area contributed by atoms with Gasteiger partial charge in [0.2, 0.25) is 0 Å². The molecule has 2 aromatic rings. The highest BCUT2D eigenvalue weighted by atomic mass is 16.7. The first-order chi connectivity index (χ1) is 20.5. The fourth-order valence-corrected chi connectivity index (χ4v) is 7.16. The smallest absolute Gasteiger partial charge is 0.252 e. The molecule has 0 fully saturated rings. The van der Waals surface area contributed by atoms with E-state index in [0.717, 1.165) is 73.0 Å². The highest BCUT2D eigenvalue weighted by Gasteiger charge is 2.53. The van der Waals surface area contributed by atoms with Crippen LogP contribution in [-0.4, -0.2) is 19.0 Å². The van der Waals surface area contributed by atoms with Gasteiger partial charge in [-0.2, -0.15) is 0 Å². The highest BCUT2D eigenvalue weighted by molar-refractivity contribution is 5.53. The monoisotopic (exact) mass is 592 g/mol. The maximum Gasteiger partial charge on any atom is 0.252 e. The zero-order chi connectivity index (χ0) is 31.1. The van der Waals surface area contributed by atoms with Crippen molar-refractivity contribution in [1.29, 1.82) is 0 Å². The Morgan fingerprint density at radius 2 is 0.930 bits per heavy atom. The molecule has 0 radical (unpaired) electrons. The van der Waals surface area contributed by atoms with Gasteiger partial charge in [-0.1, -0.05) is 106 Å². The van der Waals surface area contributed by atoms with Crippen LogP contribution in [0.1, 0.15) is 154 Å². The van der Waals surface area contributed by atoms with Crippen molar-refractivity contribution in [3.05, 3.63) is 46.5 Å². The lowest BCUT2D eigenvalue weighted by Gasteiger charge is -2.51. The molecule has 0 N–H and O–H groups in total. The summed E-state index contributed by atoms with van der Waals surface area (Å²) in [5.41, 5.74) is 4.42. The van der Waals surface area contributed by atoms with Gasteiger partial charge in [0.25, 0.3) is 5.79 Å². The first-order valence-electron chi connectivity index (χ1n) is 17.4. The van der Waals surface area contributed by atoms with Crippen molar-refractivity contribution in [2.24, 2.45) is 0 Å². The Kier molecular flexibility index (Phi) is 11.4. The summed E-state index contributed by atoms with van der Waals surface area (Å²) in [6.07, 6.45) is 16.8. The van der Waals surface area contributed by atoms with Crippen LogP contribution in [-0.2, 0) is 10.8 Å². The molecule has 0 aromatic heterocycles. The predicted octanol–water partition coefficient (Wildman–Crippen LogP) is 11.3. The quantitative estimate of drug-likeness (QED) is 0.182. The van der Waals surface area contributed by atoms with E-state index >= 15 is 0 Å². The Balaban J connectivity index is 1.45. The van der Waals surface area contributed by atoms with Crippen LogP contribution in [0.4, 0.5) is 0 Å². The zero-order valence-corrected chi connectivity index (χ0v) is 28.8. The summed E-state index contributed by atoms with van der Waals surface area (Å²) in [5.74, 6) is 3.11. The summed E-state index contributed by atoms with van der Waals surface area (Å²) in [7, 11) is 0. The minimum absolute atomic E-state index is 0.123. The Hall–Kier alpha value is -2.36. The summed E-state index contributed by atoms with van der Waals surface area (Å²) in [4.78, 5) is 0. The van der Waals surface area contributed by atoms with Gasteiger partial charge in [0, 0.05) is 34.8 Å². The van der Waals surface area contributed by atoms with Crippen LogP contribution in [0.3, 0.4) is 0 Å². The largest absolute Gasteiger partial charge is 0.493 e. The molecule has 0 aliphatic carbocycles. The number of ether oxygens (including phenoxy) is 4. The van der Waals surface area contributed by atoms with Crippen LogP contribution in [0.2, 0.25) is 0 Å². The predicted molar refractivity (Wildman–Crippen MR) is 179 cm³/mol. The molecule has 0 unspecified atom stereocenters. The molecule has 2 aliphatic heterocycles. The number of hydrogen-bond donors (Lipinski definition) is 0. The van der Waals surface area contributed by atoms with E-state index in [1.165, 1.54) is 75.3 Å². The first-order valence-corrected chi connectivity index (χ1v) is 17.4. The van der Waals surface area contributed by atoms with Crippen molar-refractivity contribution in [3.63, 3.8) is 0 Å². The van der Waals surface area contributed by atoms with Crippen molar-refractivity contribution in [2.45, 2.75) is 162 Å². The normalized spacial score (nSPS) is 17.5. The second-order valence-electron chi connectivity index (χ2n) is 14.7. The third-order valence-corrected chi connectivity index (χ3v) is 9.54. The summed E-state index contributed by atoms with van der Waals surface area (Å²) in [6.45, 7) is 19.6. The van der Waals surface area contributed by atoms with Crippen molar-refractivity contribution < 1.29 is 18.9 Å². The maximum absolute atomic E-state index is 6.89. The second kappa shape index (κ2) is 14.6. The van der Waals surface area contributed by atoms with E-state index < -0.39 is 5.79 Å². The average molecular weight is 593 g/mol. The number of aryl methyl sites for hydroxylation is 2. The minimum atomic E-state index is -0.715. The van der Waals surface area contributed by atoms with E-state index in [4.69, 9.17) is 18.9 Å². The van der Waals surface area contributed by atoms with E-state index in [1.54, 1.807) is 0 Å². The van der Waals surface area contributed by atoms with Crippen LogP contribution >= 0.6 is 0 Å². The molecular formula is C39H60O4. The zero-order valence-electron chi connectivity index (χ0n) is 28.8. The highest BCUT2D eigenvalue weighted by Crippen LogP contribution is 2.55. The van der Waals surface area contributed by atoms with Gasteiger partial charge in [0.05, 0.1) is 13.2 Å². The Labute approximate surface area is 263 Å². The van der Waals surface area contributed by atoms with E-state index in [0.29, 0.717) is 0 Å². The van der Waals surface area contributed by atoms with Gasteiger partial charge in [-0.15, -0.1) is 0 Å². The van der Waals surface area contributed by atoms with E-state index in [-0.39, 0.29) is 10.8 Å². The molecule has 4 heteroatoms. The lowest BCUT2D eigenvalue weighted by Crippen LogP contribution is -2.55. The topological polar surface area (TPSA) is 36.9 Å². The van der Waals surface area contributed by atoms with E-state index in [1.807, 2.05) is 0 Å². The lowest BCUT2D eigenvalue weighted by molar-refractivity contribution is -0.166. The third-order valence-electron chi connectivity index (χ3n) is 9.54. The Morgan fingerprint density at radius 1 is 0.558 bits per heavy atom. The van der Waals surface area contributed by atoms with Crippen molar-refractivity contribution in [3.8, 4) is 23.0 Å². The van der Waals surface area contributed by atoms with Crippen LogP contribution in [0, 0.1) is 13.8 Å². The molecule has 2 aliphatic rings. The summed E-state index contributed by atoms with van der Waals surface area (Å²) in [5, 5.41) is 0. The molecule has 0 saturated carbocycles. The number of unbranched alkanes of at least 4 members (excludes halogenated alkanes) is 10. The summed E-state index contributed by atoms with van der Waals surface area (Å²) in [6, 6.07) is 8.80. The Bertz CT molecular complexity index is 1100. The fourth-order valence-electron chi connectivity index (χ4n) is 7.16. The molecular weight excluding hydrogens is 532 g/mol. The number of hydrogen-bond acceptors (Lipinski definition) is 4. The SMILES string of the molecule is CCCCCCCCOc1cc2c(cc1C)OC1(CC2(C)C)CC(C)(C)c2cc(OCCCCCCCC)c(C)cc2O1. The molecule has 4 nitrogen and oxygen atoms in total. The Morgan fingerprint density at radius 3 is 1.33 bits per heavy atom. The van der Waals surface area contributed by atoms with Crippen molar-refractivity contribution >= 4 is 0 Å². The molecule has 240 valence electrons. The number of fused-ring (bicyclic) bond motifs is 2. The summed E-state index contributed by atoms with van der Waals surface area (Å²) < 4.78 is 26.4. The maximum atomic E-state index is 6.89. The number of rotatable bonds is 16. The molecule has 2 aromatic carbocycles. The average Bonchev–Trinajstić information content (AvgIpc) is 2.92. The molecule has 0 saturated heterocycles. The van der Waals surface area contributed by atoms with Gasteiger partial charge >= 0.3 is 0 Å². The molecule has 0 amide bonds. The molecule has 1 spiro atoms. The van der Waals surface area contributed by atoms with Gasteiger partial charge in [0.15, 0.2) is 0 Å². The lowest BCUT2D eigenvalue weighted by atomic mass is 9.69.